The number of hydrogen-bond acceptors (Lipinski definition) is 4. The second-order valence-electron chi connectivity index (χ2n) is 5.72. The molecule has 6 nitrogen and oxygen atoms in total. The Morgan fingerprint density at radius 2 is 1.77 bits per heavy atom. The summed E-state index contributed by atoms with van der Waals surface area (Å²) in [6.07, 6.45) is 1.53. The van der Waals surface area contributed by atoms with Crippen molar-refractivity contribution < 1.29 is 9.53 Å². The molecule has 0 radical (unpaired) electrons. The number of aryl methyl sites for hydroxylation is 1. The number of rotatable bonds is 5. The van der Waals surface area contributed by atoms with Crippen molar-refractivity contribution in [2.75, 3.05) is 11.9 Å². The minimum atomic E-state index is -0.542. The molecule has 2 aromatic carbocycles. The van der Waals surface area contributed by atoms with E-state index in [-0.39, 0.29) is 5.69 Å². The molecule has 3 rings (SSSR count). The van der Waals surface area contributed by atoms with Gasteiger partial charge < -0.3 is 10.1 Å². The van der Waals surface area contributed by atoms with Crippen molar-refractivity contribution in [3.63, 3.8) is 0 Å². The Hall–Kier alpha value is -3.41. The van der Waals surface area contributed by atoms with Crippen molar-refractivity contribution in [3.05, 3.63) is 82.3 Å². The quantitative estimate of drug-likeness (QED) is 0.768. The minimum absolute atomic E-state index is 0.165. The highest BCUT2D eigenvalue weighted by atomic mass is 16.5. The standard InChI is InChI=1S/C20H19N3O3/c1-3-26-17-10-8-16(9-11-17)23-13-12-18(24)19(22-23)20(25)21-15-6-4-14(2)5-7-15/h4-13H,3H2,1-2H3,(H,21,25). The maximum absolute atomic E-state index is 12.4. The Bertz CT molecular complexity index is 961. The molecule has 0 atom stereocenters. The number of amides is 1. The van der Waals surface area contributed by atoms with E-state index in [1.807, 2.05) is 50.2 Å². The Morgan fingerprint density at radius 3 is 2.42 bits per heavy atom. The van der Waals surface area contributed by atoms with Gasteiger partial charge in [0.15, 0.2) is 5.69 Å². The van der Waals surface area contributed by atoms with Crippen LogP contribution in [0.2, 0.25) is 0 Å². The van der Waals surface area contributed by atoms with Gasteiger partial charge >= 0.3 is 0 Å². The monoisotopic (exact) mass is 349 g/mol. The van der Waals surface area contributed by atoms with Crippen molar-refractivity contribution in [2.45, 2.75) is 13.8 Å². The van der Waals surface area contributed by atoms with Crippen LogP contribution < -0.4 is 15.5 Å². The SMILES string of the molecule is CCOc1ccc(-n2ccc(=O)c(C(=O)Nc3ccc(C)cc3)n2)cc1. The van der Waals surface area contributed by atoms with E-state index in [0.717, 1.165) is 17.0 Å². The molecule has 0 bridgehead atoms. The highest BCUT2D eigenvalue weighted by Crippen LogP contribution is 2.14. The van der Waals surface area contributed by atoms with Crippen LogP contribution in [0.1, 0.15) is 23.0 Å². The molecule has 0 saturated heterocycles. The molecule has 26 heavy (non-hydrogen) atoms. The molecule has 0 aliphatic heterocycles. The Kier molecular flexibility index (Phi) is 5.12. The molecule has 1 aromatic heterocycles. The summed E-state index contributed by atoms with van der Waals surface area (Å²) in [6, 6.07) is 15.9. The van der Waals surface area contributed by atoms with Gasteiger partial charge in [0.25, 0.3) is 5.91 Å². The maximum atomic E-state index is 12.4. The van der Waals surface area contributed by atoms with Crippen LogP contribution in [-0.4, -0.2) is 22.3 Å². The molecule has 0 spiro atoms. The first-order chi connectivity index (χ1) is 12.6. The van der Waals surface area contributed by atoms with Crippen LogP contribution in [0.4, 0.5) is 5.69 Å². The van der Waals surface area contributed by atoms with E-state index in [1.54, 1.807) is 12.1 Å². The fourth-order valence-corrected chi connectivity index (χ4v) is 2.40. The third-order valence-electron chi connectivity index (χ3n) is 3.75. The van der Waals surface area contributed by atoms with Crippen molar-refractivity contribution in [1.29, 1.82) is 0 Å². The first-order valence-corrected chi connectivity index (χ1v) is 8.28. The van der Waals surface area contributed by atoms with Crippen molar-refractivity contribution in [2.24, 2.45) is 0 Å². The summed E-state index contributed by atoms with van der Waals surface area (Å²) < 4.78 is 6.90. The number of nitrogens with one attached hydrogen (secondary N) is 1. The van der Waals surface area contributed by atoms with Crippen molar-refractivity contribution >= 4 is 11.6 Å². The van der Waals surface area contributed by atoms with Crippen LogP contribution in [0, 0.1) is 6.92 Å². The predicted octanol–water partition coefficient (Wildman–Crippen LogP) is 3.19. The normalized spacial score (nSPS) is 10.4. The van der Waals surface area contributed by atoms with Crippen LogP contribution in [0.3, 0.4) is 0 Å². The summed E-state index contributed by atoms with van der Waals surface area (Å²) in [4.78, 5) is 24.5. The lowest BCUT2D eigenvalue weighted by Crippen LogP contribution is -2.25. The van der Waals surface area contributed by atoms with E-state index in [2.05, 4.69) is 10.4 Å². The number of anilines is 1. The van der Waals surface area contributed by atoms with Crippen LogP contribution in [0.5, 0.6) is 5.75 Å². The highest BCUT2D eigenvalue weighted by molar-refractivity contribution is 6.02. The number of aromatic nitrogens is 2. The molecule has 132 valence electrons. The molecule has 3 aromatic rings. The van der Waals surface area contributed by atoms with Gasteiger partial charge in [0.05, 0.1) is 12.3 Å². The Labute approximate surface area is 151 Å². The fraction of sp³-hybridized carbons (Fsp3) is 0.150. The van der Waals surface area contributed by atoms with Gasteiger partial charge in [0.1, 0.15) is 5.75 Å². The highest BCUT2D eigenvalue weighted by Gasteiger charge is 2.13. The van der Waals surface area contributed by atoms with Crippen LogP contribution in [0.15, 0.2) is 65.6 Å². The number of carbonyl (C=O) groups is 1. The topological polar surface area (TPSA) is 73.2 Å². The van der Waals surface area contributed by atoms with Gasteiger partial charge in [-0.1, -0.05) is 17.7 Å². The first kappa shape index (κ1) is 17.4. The Morgan fingerprint density at radius 1 is 1.08 bits per heavy atom. The fourth-order valence-electron chi connectivity index (χ4n) is 2.40. The second-order valence-corrected chi connectivity index (χ2v) is 5.72. The average Bonchev–Trinajstić information content (AvgIpc) is 2.65. The third-order valence-corrected chi connectivity index (χ3v) is 3.75. The maximum Gasteiger partial charge on any atom is 0.280 e. The molecule has 0 unspecified atom stereocenters. The molecule has 0 fully saturated rings. The smallest absolute Gasteiger partial charge is 0.280 e. The van der Waals surface area contributed by atoms with E-state index >= 15 is 0 Å². The zero-order valence-corrected chi connectivity index (χ0v) is 14.6. The van der Waals surface area contributed by atoms with Gasteiger partial charge in [-0.25, -0.2) is 4.68 Å². The number of benzene rings is 2. The van der Waals surface area contributed by atoms with Gasteiger partial charge in [0, 0.05) is 18.0 Å². The molecule has 6 heteroatoms. The number of nitrogens with zero attached hydrogens (tertiary/aromatic N) is 2. The minimum Gasteiger partial charge on any atom is -0.494 e. The zero-order chi connectivity index (χ0) is 18.5. The third kappa shape index (κ3) is 3.97. The molecule has 1 heterocycles. The average molecular weight is 349 g/mol. The van der Waals surface area contributed by atoms with Crippen molar-refractivity contribution in [3.8, 4) is 11.4 Å². The lowest BCUT2D eigenvalue weighted by Gasteiger charge is -2.09. The summed E-state index contributed by atoms with van der Waals surface area (Å²) in [6.45, 7) is 4.45. The molecule has 0 saturated carbocycles. The predicted molar refractivity (Wildman–Crippen MR) is 100 cm³/mol. The number of carbonyl (C=O) groups excluding carboxylic acids is 1. The van der Waals surface area contributed by atoms with Crippen molar-refractivity contribution in [1.82, 2.24) is 9.78 Å². The van der Waals surface area contributed by atoms with Crippen LogP contribution >= 0.6 is 0 Å². The zero-order valence-electron chi connectivity index (χ0n) is 14.6. The van der Waals surface area contributed by atoms with Crippen LogP contribution in [0.25, 0.3) is 5.69 Å². The molecular formula is C20H19N3O3. The summed E-state index contributed by atoms with van der Waals surface area (Å²) in [5.41, 5.74) is 1.81. The van der Waals surface area contributed by atoms with Gasteiger partial charge in [-0.3, -0.25) is 9.59 Å². The summed E-state index contributed by atoms with van der Waals surface area (Å²) >= 11 is 0. The molecular weight excluding hydrogens is 330 g/mol. The lowest BCUT2D eigenvalue weighted by molar-refractivity contribution is 0.101. The van der Waals surface area contributed by atoms with Gasteiger partial charge in [-0.05, 0) is 50.2 Å². The van der Waals surface area contributed by atoms with E-state index in [0.29, 0.717) is 12.3 Å². The second kappa shape index (κ2) is 7.65. The number of ether oxygens (including phenoxy) is 1. The summed E-state index contributed by atoms with van der Waals surface area (Å²) in [7, 11) is 0. The summed E-state index contributed by atoms with van der Waals surface area (Å²) in [5, 5.41) is 6.88. The van der Waals surface area contributed by atoms with E-state index in [4.69, 9.17) is 4.74 Å². The molecule has 0 aliphatic carbocycles. The molecule has 1 N–H and O–H groups in total. The Balaban J connectivity index is 1.86. The van der Waals surface area contributed by atoms with Gasteiger partial charge in [0.2, 0.25) is 5.43 Å². The van der Waals surface area contributed by atoms with E-state index < -0.39 is 11.3 Å². The summed E-state index contributed by atoms with van der Waals surface area (Å²) in [5.74, 6) is 0.203. The van der Waals surface area contributed by atoms with Crippen LogP contribution in [-0.2, 0) is 0 Å². The number of hydrogen-bond donors (Lipinski definition) is 1. The molecule has 1 amide bonds. The molecule has 0 aliphatic rings. The van der Waals surface area contributed by atoms with E-state index in [9.17, 15) is 9.59 Å². The lowest BCUT2D eigenvalue weighted by atomic mass is 10.2. The van der Waals surface area contributed by atoms with E-state index in [1.165, 1.54) is 16.9 Å². The first-order valence-electron chi connectivity index (χ1n) is 8.28. The largest absolute Gasteiger partial charge is 0.494 e. The van der Waals surface area contributed by atoms with Gasteiger partial charge in [-0.2, -0.15) is 5.10 Å². The van der Waals surface area contributed by atoms with Gasteiger partial charge in [-0.15, -0.1) is 0 Å².